The quantitative estimate of drug-likeness (QED) is 0.140. The second-order valence-corrected chi connectivity index (χ2v) is 16.8. The average Bonchev–Trinajstić information content (AvgIpc) is 3.70. The number of nitrogens with zero attached hydrogens (tertiary/aromatic N) is 7. The maximum atomic E-state index is 13.6. The number of methoxy groups -OCH3 is 1. The van der Waals surface area contributed by atoms with Gasteiger partial charge in [0.2, 0.25) is 11.8 Å². The molecule has 0 unspecified atom stereocenters. The number of benzene rings is 3. The van der Waals surface area contributed by atoms with Crippen LogP contribution in [0.2, 0.25) is 0 Å². The van der Waals surface area contributed by atoms with Crippen LogP contribution in [0.5, 0.6) is 5.75 Å². The van der Waals surface area contributed by atoms with Gasteiger partial charge in [-0.3, -0.25) is 24.6 Å². The highest BCUT2D eigenvalue weighted by Crippen LogP contribution is 2.36. The second-order valence-electron chi connectivity index (χ2n) is 16.8. The molecule has 0 bridgehead atoms. The normalized spacial score (nSPS) is 20.3. The number of fused-ring (bicyclic) bond motifs is 1. The van der Waals surface area contributed by atoms with Crippen LogP contribution in [0.3, 0.4) is 0 Å². The number of carbonyl (C=O) groups excluding carboxylic acids is 4. The summed E-state index contributed by atoms with van der Waals surface area (Å²) in [6.45, 7) is 4.77. The van der Waals surface area contributed by atoms with Crippen molar-refractivity contribution in [3.63, 3.8) is 0 Å². The van der Waals surface area contributed by atoms with E-state index in [2.05, 4.69) is 59.7 Å². The smallest absolute Gasteiger partial charge is 0.328 e. The van der Waals surface area contributed by atoms with Crippen molar-refractivity contribution in [1.29, 1.82) is 0 Å². The van der Waals surface area contributed by atoms with Crippen molar-refractivity contribution < 1.29 is 23.9 Å². The maximum absolute atomic E-state index is 13.6. The third-order valence-electron chi connectivity index (χ3n) is 12.9. The van der Waals surface area contributed by atoms with E-state index in [1.54, 1.807) is 24.5 Å². The monoisotopic (exact) mass is 824 g/mol. The van der Waals surface area contributed by atoms with Gasteiger partial charge in [0.05, 0.1) is 25.5 Å². The molecular weight excluding hydrogens is 773 g/mol. The summed E-state index contributed by atoms with van der Waals surface area (Å²) in [5.41, 5.74) is 5.81. The van der Waals surface area contributed by atoms with E-state index in [4.69, 9.17) is 9.72 Å². The number of imidazole rings is 1. The van der Waals surface area contributed by atoms with E-state index >= 15 is 0 Å². The van der Waals surface area contributed by atoms with Gasteiger partial charge in [0.15, 0.2) is 17.0 Å². The number of nitrogens with one attached hydrogen (secondary N) is 3. The van der Waals surface area contributed by atoms with E-state index in [1.807, 2.05) is 41.6 Å². The van der Waals surface area contributed by atoms with Gasteiger partial charge in [-0.2, -0.15) is 0 Å². The molecule has 15 heteroatoms. The molecule has 2 aromatic heterocycles. The summed E-state index contributed by atoms with van der Waals surface area (Å²) < 4.78 is 7.59. The van der Waals surface area contributed by atoms with Crippen LogP contribution in [0.4, 0.5) is 22.0 Å². The number of likely N-dealkylation sites (tertiary alicyclic amines) is 2. The van der Waals surface area contributed by atoms with Crippen LogP contribution in [-0.4, -0.2) is 105 Å². The van der Waals surface area contributed by atoms with Crippen LogP contribution in [0.25, 0.3) is 11.2 Å². The third-order valence-corrected chi connectivity index (χ3v) is 12.9. The number of rotatable bonds is 12. The standard InChI is InChI=1S/C46H52N10O5/c1-61-39-12-9-34(24-38(39)55-22-17-40(57)52-46(55)60)45(59)54-20-13-31(14-21-54)27-53-18-15-33(16-19-53)32-7-10-35(11-8-32)51-43-42-44(48-28-47-43)56(29-49-42)37-25-36(26-37)50-41(58)23-30-5-3-2-4-6-30/h2-12,24,28-29,31,33,36-37H,13-23,25-27H2,1H3,(H,50,58)(H,47,48,51)(H,52,57,60). The van der Waals surface area contributed by atoms with Crippen LogP contribution in [0.15, 0.2) is 85.5 Å². The third kappa shape index (κ3) is 8.92. The van der Waals surface area contributed by atoms with Gasteiger partial charge in [0.1, 0.15) is 12.1 Å². The minimum Gasteiger partial charge on any atom is -0.495 e. The molecule has 5 heterocycles. The number of aromatic nitrogens is 4. The first kappa shape index (κ1) is 40.1. The van der Waals surface area contributed by atoms with E-state index in [0.717, 1.165) is 80.6 Å². The van der Waals surface area contributed by atoms with Crippen molar-refractivity contribution in [2.45, 2.75) is 69.4 Å². The van der Waals surface area contributed by atoms with Crippen LogP contribution in [0, 0.1) is 5.92 Å². The molecular formula is C46H52N10O5. The number of imide groups is 1. The molecule has 5 amide bonds. The molecule has 0 radical (unpaired) electrons. The predicted molar refractivity (Wildman–Crippen MR) is 231 cm³/mol. The molecule has 1 saturated carbocycles. The SMILES string of the molecule is COc1ccc(C(=O)N2CCC(CN3CCC(c4ccc(Nc5ncnc6c5ncn6C5CC(NC(=O)Cc6ccccc6)C5)cc4)CC3)CC2)cc1N1CCC(=O)NC1=O. The molecule has 3 N–H and O–H groups in total. The van der Waals surface area contributed by atoms with Crippen molar-refractivity contribution >= 4 is 52.1 Å². The Balaban J connectivity index is 0.723. The Morgan fingerprint density at radius 3 is 2.38 bits per heavy atom. The van der Waals surface area contributed by atoms with Gasteiger partial charge in [-0.05, 0) is 105 Å². The van der Waals surface area contributed by atoms with Gasteiger partial charge >= 0.3 is 6.03 Å². The summed E-state index contributed by atoms with van der Waals surface area (Å²) >= 11 is 0. The summed E-state index contributed by atoms with van der Waals surface area (Å²) in [4.78, 5) is 70.1. The molecule has 3 saturated heterocycles. The average molecular weight is 825 g/mol. The maximum Gasteiger partial charge on any atom is 0.328 e. The van der Waals surface area contributed by atoms with Gasteiger partial charge in [-0.15, -0.1) is 0 Å². The fourth-order valence-corrected chi connectivity index (χ4v) is 9.32. The van der Waals surface area contributed by atoms with Crippen molar-refractivity contribution in [3.8, 4) is 5.75 Å². The van der Waals surface area contributed by atoms with Gasteiger partial charge in [-0.25, -0.2) is 19.7 Å². The molecule has 61 heavy (non-hydrogen) atoms. The fourth-order valence-electron chi connectivity index (χ4n) is 9.32. The second kappa shape index (κ2) is 17.7. The number of ether oxygens (including phenoxy) is 1. The largest absolute Gasteiger partial charge is 0.495 e. The summed E-state index contributed by atoms with van der Waals surface area (Å²) in [7, 11) is 1.53. The highest BCUT2D eigenvalue weighted by Gasteiger charge is 2.34. The predicted octanol–water partition coefficient (Wildman–Crippen LogP) is 5.82. The lowest BCUT2D eigenvalue weighted by Crippen LogP contribution is -2.49. The molecule has 0 atom stereocenters. The number of hydrogen-bond donors (Lipinski definition) is 3. The highest BCUT2D eigenvalue weighted by atomic mass is 16.5. The minimum atomic E-state index is -0.510. The Bertz CT molecular complexity index is 2380. The van der Waals surface area contributed by atoms with Crippen LogP contribution in [0.1, 0.15) is 78.4 Å². The van der Waals surface area contributed by atoms with Gasteiger partial charge in [0, 0.05) is 55.9 Å². The van der Waals surface area contributed by atoms with Gasteiger partial charge in [-0.1, -0.05) is 42.5 Å². The lowest BCUT2D eigenvalue weighted by molar-refractivity contribution is -0.122. The zero-order valence-corrected chi connectivity index (χ0v) is 34.5. The zero-order valence-electron chi connectivity index (χ0n) is 34.5. The summed E-state index contributed by atoms with van der Waals surface area (Å²) in [5.74, 6) is 1.87. The number of hydrogen-bond acceptors (Lipinski definition) is 10. The van der Waals surface area contributed by atoms with E-state index in [0.29, 0.717) is 54.2 Å². The summed E-state index contributed by atoms with van der Waals surface area (Å²) in [5, 5.41) is 8.98. The Morgan fingerprint density at radius 2 is 1.64 bits per heavy atom. The lowest BCUT2D eigenvalue weighted by Gasteiger charge is -2.38. The number of urea groups is 1. The van der Waals surface area contributed by atoms with Crippen molar-refractivity contribution in [1.82, 2.24) is 40.0 Å². The van der Waals surface area contributed by atoms with Crippen molar-refractivity contribution in [3.05, 3.63) is 102 Å². The van der Waals surface area contributed by atoms with E-state index in [9.17, 15) is 19.2 Å². The number of anilines is 3. The summed E-state index contributed by atoms with van der Waals surface area (Å²) in [6.07, 6.45) is 9.79. The van der Waals surface area contributed by atoms with Crippen LogP contribution < -0.4 is 25.6 Å². The van der Waals surface area contributed by atoms with Gasteiger partial charge in [0.25, 0.3) is 5.91 Å². The topological polar surface area (TPSA) is 167 Å². The molecule has 15 nitrogen and oxygen atoms in total. The molecule has 4 aliphatic rings. The van der Waals surface area contributed by atoms with E-state index < -0.39 is 6.03 Å². The van der Waals surface area contributed by atoms with Gasteiger partial charge < -0.3 is 29.7 Å². The number of piperidine rings is 2. The molecule has 5 aromatic rings. The number of amides is 5. The molecule has 0 spiro atoms. The molecule has 1 aliphatic carbocycles. The van der Waals surface area contributed by atoms with Crippen LogP contribution >= 0.6 is 0 Å². The molecule has 3 aliphatic heterocycles. The molecule has 316 valence electrons. The Morgan fingerprint density at radius 1 is 0.869 bits per heavy atom. The molecule has 9 rings (SSSR count). The fraction of sp³-hybridized carbons (Fsp3) is 0.413. The highest BCUT2D eigenvalue weighted by molar-refractivity contribution is 6.07. The van der Waals surface area contributed by atoms with Crippen molar-refractivity contribution in [2.24, 2.45) is 5.92 Å². The molecule has 3 aromatic carbocycles. The number of carbonyl (C=O) groups is 4. The Kier molecular flexibility index (Phi) is 11.6. The van der Waals surface area contributed by atoms with E-state index in [-0.39, 0.29) is 42.8 Å². The lowest BCUT2D eigenvalue weighted by atomic mass is 9.86. The zero-order chi connectivity index (χ0) is 41.9. The Labute approximate surface area is 354 Å². The molecule has 4 fully saturated rings. The Hall–Kier alpha value is -6.35. The van der Waals surface area contributed by atoms with E-state index in [1.165, 1.54) is 17.6 Å². The first-order valence-electron chi connectivity index (χ1n) is 21.5. The first-order chi connectivity index (χ1) is 29.8. The minimum absolute atomic E-state index is 0.0486. The van der Waals surface area contributed by atoms with Crippen molar-refractivity contribution in [2.75, 3.05) is 56.6 Å². The first-order valence-corrected chi connectivity index (χ1v) is 21.5. The van der Waals surface area contributed by atoms with Crippen LogP contribution in [-0.2, 0) is 16.0 Å². The summed E-state index contributed by atoms with van der Waals surface area (Å²) in [6, 6.07) is 23.5.